The molecule has 2 aliphatic carbocycles. The molecule has 0 spiro atoms. The van der Waals surface area contributed by atoms with E-state index >= 15 is 0 Å². The van der Waals surface area contributed by atoms with E-state index < -0.39 is 0 Å². The molecule has 100 valence electrons. The van der Waals surface area contributed by atoms with E-state index in [1.807, 2.05) is 11.8 Å². The average molecular weight is 272 g/mol. The van der Waals surface area contributed by atoms with Crippen molar-refractivity contribution in [2.24, 2.45) is 5.41 Å². The topological polar surface area (TPSA) is 35.8 Å². The van der Waals surface area contributed by atoms with Gasteiger partial charge in [-0.25, -0.2) is 0 Å². The fraction of sp³-hybridized carbons (Fsp3) is 0.562. The van der Waals surface area contributed by atoms with Gasteiger partial charge in [-0.2, -0.15) is 5.26 Å². The molecule has 0 heterocycles. The van der Waals surface area contributed by atoms with Gasteiger partial charge >= 0.3 is 0 Å². The smallest absolute Gasteiger partial charge is 0.0627 e. The fourth-order valence-corrected chi connectivity index (χ4v) is 3.52. The van der Waals surface area contributed by atoms with Gasteiger partial charge in [0.2, 0.25) is 0 Å². The van der Waals surface area contributed by atoms with E-state index in [0.717, 1.165) is 24.8 Å². The highest BCUT2D eigenvalue weighted by Gasteiger charge is 2.42. The second-order valence-corrected chi connectivity index (χ2v) is 6.97. The van der Waals surface area contributed by atoms with Crippen LogP contribution in [0.5, 0.6) is 0 Å². The normalized spacial score (nSPS) is 19.9. The maximum Gasteiger partial charge on any atom is 0.0627 e. The zero-order valence-corrected chi connectivity index (χ0v) is 12.0. The van der Waals surface area contributed by atoms with Crippen molar-refractivity contribution in [3.63, 3.8) is 0 Å². The third-order valence-corrected chi connectivity index (χ3v) is 5.37. The van der Waals surface area contributed by atoms with Gasteiger partial charge in [-0.3, -0.25) is 0 Å². The first-order valence-corrected chi connectivity index (χ1v) is 8.10. The van der Waals surface area contributed by atoms with E-state index in [9.17, 15) is 0 Å². The SMILES string of the molecule is N#CCC1(CSc2cccc(CNC3CC3)c2)CC1. The minimum absolute atomic E-state index is 0.335. The summed E-state index contributed by atoms with van der Waals surface area (Å²) in [6.07, 6.45) is 5.87. The summed E-state index contributed by atoms with van der Waals surface area (Å²) >= 11 is 1.91. The van der Waals surface area contributed by atoms with Crippen LogP contribution in [0.15, 0.2) is 29.2 Å². The number of benzene rings is 1. The van der Waals surface area contributed by atoms with Crippen molar-refractivity contribution in [2.75, 3.05) is 5.75 Å². The van der Waals surface area contributed by atoms with Gasteiger partial charge in [0.1, 0.15) is 0 Å². The van der Waals surface area contributed by atoms with Crippen LogP contribution in [-0.2, 0) is 6.54 Å². The second-order valence-electron chi connectivity index (χ2n) is 5.93. The fourth-order valence-electron chi connectivity index (χ4n) is 2.25. The van der Waals surface area contributed by atoms with E-state index in [0.29, 0.717) is 5.41 Å². The lowest BCUT2D eigenvalue weighted by Crippen LogP contribution is -2.15. The van der Waals surface area contributed by atoms with E-state index in [4.69, 9.17) is 5.26 Å². The summed E-state index contributed by atoms with van der Waals surface area (Å²) in [5, 5.41) is 12.4. The quantitative estimate of drug-likeness (QED) is 0.768. The number of hydrogen-bond acceptors (Lipinski definition) is 3. The van der Waals surface area contributed by atoms with Crippen LogP contribution in [0, 0.1) is 16.7 Å². The molecule has 2 aliphatic rings. The van der Waals surface area contributed by atoms with Gasteiger partial charge in [-0.1, -0.05) is 12.1 Å². The molecule has 0 aliphatic heterocycles. The van der Waals surface area contributed by atoms with Crippen LogP contribution in [0.2, 0.25) is 0 Å². The Morgan fingerprint density at radius 2 is 2.21 bits per heavy atom. The molecule has 1 aromatic rings. The maximum absolute atomic E-state index is 8.84. The number of rotatable bonds is 7. The highest BCUT2D eigenvalue weighted by Crippen LogP contribution is 2.51. The van der Waals surface area contributed by atoms with Crippen LogP contribution in [0.1, 0.15) is 37.7 Å². The lowest BCUT2D eigenvalue weighted by Gasteiger charge is -2.11. The van der Waals surface area contributed by atoms with Crippen molar-refractivity contribution < 1.29 is 0 Å². The molecule has 1 N–H and O–H groups in total. The molecule has 0 atom stereocenters. The van der Waals surface area contributed by atoms with E-state index in [2.05, 4.69) is 35.7 Å². The monoisotopic (exact) mass is 272 g/mol. The number of nitriles is 1. The van der Waals surface area contributed by atoms with Crippen LogP contribution >= 0.6 is 11.8 Å². The largest absolute Gasteiger partial charge is 0.310 e. The Kier molecular flexibility index (Phi) is 3.81. The molecule has 2 saturated carbocycles. The van der Waals surface area contributed by atoms with E-state index in [1.54, 1.807) is 0 Å². The molecule has 0 unspecified atom stereocenters. The molecule has 19 heavy (non-hydrogen) atoms. The third kappa shape index (κ3) is 3.75. The molecule has 1 aromatic carbocycles. The minimum Gasteiger partial charge on any atom is -0.310 e. The molecule has 3 rings (SSSR count). The molecule has 0 bridgehead atoms. The Hall–Kier alpha value is -0.980. The Morgan fingerprint density at radius 1 is 1.37 bits per heavy atom. The van der Waals surface area contributed by atoms with Crippen molar-refractivity contribution in [1.29, 1.82) is 5.26 Å². The lowest BCUT2D eigenvalue weighted by molar-refractivity contribution is 0.604. The molecule has 2 nitrogen and oxygen atoms in total. The van der Waals surface area contributed by atoms with Crippen molar-refractivity contribution in [1.82, 2.24) is 5.32 Å². The van der Waals surface area contributed by atoms with Crippen LogP contribution in [-0.4, -0.2) is 11.8 Å². The Morgan fingerprint density at radius 3 is 2.89 bits per heavy atom. The number of nitrogens with zero attached hydrogens (tertiary/aromatic N) is 1. The van der Waals surface area contributed by atoms with Crippen LogP contribution in [0.25, 0.3) is 0 Å². The van der Waals surface area contributed by atoms with Crippen LogP contribution in [0.3, 0.4) is 0 Å². The van der Waals surface area contributed by atoms with Crippen molar-refractivity contribution in [3.05, 3.63) is 29.8 Å². The van der Waals surface area contributed by atoms with Crippen LogP contribution in [0.4, 0.5) is 0 Å². The Bertz CT molecular complexity index is 484. The van der Waals surface area contributed by atoms with Gasteiger partial charge in [0, 0.05) is 29.7 Å². The second kappa shape index (κ2) is 5.56. The molecular formula is C16H20N2S. The van der Waals surface area contributed by atoms with E-state index in [-0.39, 0.29) is 0 Å². The molecule has 0 aromatic heterocycles. The first-order chi connectivity index (χ1) is 9.30. The Balaban J connectivity index is 1.52. The number of hydrogen-bond donors (Lipinski definition) is 1. The summed E-state index contributed by atoms with van der Waals surface area (Å²) in [4.78, 5) is 1.35. The van der Waals surface area contributed by atoms with Gasteiger partial charge < -0.3 is 5.32 Å². The summed E-state index contributed by atoms with van der Waals surface area (Å²) in [5.41, 5.74) is 1.71. The molecule has 3 heteroatoms. The standard InChI is InChI=1S/C16H20N2S/c17-9-8-16(6-7-16)12-19-15-3-1-2-13(10-15)11-18-14-4-5-14/h1-3,10,14,18H,4-8,11-12H2. The molecule has 2 fully saturated rings. The Labute approximate surface area is 119 Å². The summed E-state index contributed by atoms with van der Waals surface area (Å²) in [6.45, 7) is 0.988. The molecule has 0 radical (unpaired) electrons. The summed E-state index contributed by atoms with van der Waals surface area (Å²) in [6, 6.07) is 11.9. The minimum atomic E-state index is 0.335. The first-order valence-electron chi connectivity index (χ1n) is 7.12. The van der Waals surface area contributed by atoms with Crippen LogP contribution < -0.4 is 5.32 Å². The average Bonchev–Trinajstić information content (AvgIpc) is 3.32. The van der Waals surface area contributed by atoms with Crippen molar-refractivity contribution in [3.8, 4) is 6.07 Å². The zero-order chi connectivity index (χ0) is 13.1. The maximum atomic E-state index is 8.84. The summed E-state index contributed by atoms with van der Waals surface area (Å²) < 4.78 is 0. The van der Waals surface area contributed by atoms with Gasteiger partial charge in [-0.15, -0.1) is 11.8 Å². The predicted octanol–water partition coefficient (Wildman–Crippen LogP) is 3.72. The van der Waals surface area contributed by atoms with Gasteiger partial charge in [0.15, 0.2) is 0 Å². The lowest BCUT2D eigenvalue weighted by atomic mass is 10.1. The summed E-state index contributed by atoms with van der Waals surface area (Å²) in [5.74, 6) is 1.10. The molecular weight excluding hydrogens is 252 g/mol. The first kappa shape index (κ1) is 13.0. The predicted molar refractivity (Wildman–Crippen MR) is 78.9 cm³/mol. The van der Waals surface area contributed by atoms with Crippen molar-refractivity contribution in [2.45, 2.75) is 49.6 Å². The van der Waals surface area contributed by atoms with Gasteiger partial charge in [-0.05, 0) is 48.8 Å². The third-order valence-electron chi connectivity index (χ3n) is 4.03. The van der Waals surface area contributed by atoms with Gasteiger partial charge in [0.25, 0.3) is 0 Å². The van der Waals surface area contributed by atoms with E-state index in [1.165, 1.54) is 36.1 Å². The highest BCUT2D eigenvalue weighted by atomic mass is 32.2. The van der Waals surface area contributed by atoms with Crippen molar-refractivity contribution >= 4 is 11.8 Å². The summed E-state index contributed by atoms with van der Waals surface area (Å²) in [7, 11) is 0. The zero-order valence-electron chi connectivity index (χ0n) is 11.2. The number of thioether (sulfide) groups is 1. The molecule has 0 amide bonds. The molecule has 0 saturated heterocycles. The van der Waals surface area contributed by atoms with Gasteiger partial charge in [0.05, 0.1) is 6.07 Å². The highest BCUT2D eigenvalue weighted by molar-refractivity contribution is 7.99. The number of nitrogens with one attached hydrogen (secondary N) is 1.